The Morgan fingerprint density at radius 3 is 2.65 bits per heavy atom. The van der Waals surface area contributed by atoms with Crippen LogP contribution in [-0.2, 0) is 0 Å². The van der Waals surface area contributed by atoms with Crippen molar-refractivity contribution < 1.29 is 8.78 Å². The van der Waals surface area contributed by atoms with E-state index < -0.39 is 11.6 Å². The topological polar surface area (TPSA) is 12.0 Å². The first-order chi connectivity index (χ1) is 9.59. The summed E-state index contributed by atoms with van der Waals surface area (Å²) in [5, 5.41) is 3.46. The average molecular weight is 281 g/mol. The normalized spacial score (nSPS) is 23.9. The van der Waals surface area contributed by atoms with Gasteiger partial charge in [-0.1, -0.05) is 45.2 Å². The van der Waals surface area contributed by atoms with Crippen LogP contribution < -0.4 is 5.32 Å². The largest absolute Gasteiger partial charge is 0.314 e. The molecule has 1 saturated carbocycles. The second-order valence-electron chi connectivity index (χ2n) is 6.21. The molecule has 112 valence electrons. The minimum absolute atomic E-state index is 0.138. The van der Waals surface area contributed by atoms with Crippen molar-refractivity contribution in [3.05, 3.63) is 35.4 Å². The summed E-state index contributed by atoms with van der Waals surface area (Å²) in [5.74, 6) is -0.827. The van der Waals surface area contributed by atoms with Gasteiger partial charge in [0, 0.05) is 6.04 Å². The van der Waals surface area contributed by atoms with Gasteiger partial charge in [-0.3, -0.25) is 0 Å². The summed E-state index contributed by atoms with van der Waals surface area (Å²) in [6.45, 7) is 5.13. The Balaban J connectivity index is 2.21. The van der Waals surface area contributed by atoms with E-state index in [1.807, 2.05) is 0 Å². The van der Waals surface area contributed by atoms with Gasteiger partial charge in [-0.25, -0.2) is 8.78 Å². The maximum absolute atomic E-state index is 14.1. The van der Waals surface area contributed by atoms with Crippen molar-refractivity contribution in [1.82, 2.24) is 5.32 Å². The molecule has 3 heteroatoms. The molecule has 1 aliphatic carbocycles. The SMILES string of the molecule is CC(C)NCC1CCCCCC1c1cccc(F)c1F. The molecule has 20 heavy (non-hydrogen) atoms. The summed E-state index contributed by atoms with van der Waals surface area (Å²) in [4.78, 5) is 0. The Morgan fingerprint density at radius 2 is 1.90 bits per heavy atom. The van der Waals surface area contributed by atoms with Gasteiger partial charge in [0.25, 0.3) is 0 Å². The Bertz CT molecular complexity index is 431. The molecule has 0 aromatic heterocycles. The summed E-state index contributed by atoms with van der Waals surface area (Å²) in [6, 6.07) is 5.02. The summed E-state index contributed by atoms with van der Waals surface area (Å²) in [6.07, 6.45) is 5.56. The summed E-state index contributed by atoms with van der Waals surface area (Å²) in [7, 11) is 0. The zero-order valence-corrected chi connectivity index (χ0v) is 12.5. The third kappa shape index (κ3) is 3.78. The Kier molecular flexibility index (Phi) is 5.53. The van der Waals surface area contributed by atoms with E-state index in [-0.39, 0.29) is 5.92 Å². The molecule has 2 rings (SSSR count). The number of benzene rings is 1. The van der Waals surface area contributed by atoms with E-state index in [2.05, 4.69) is 19.2 Å². The van der Waals surface area contributed by atoms with E-state index in [0.717, 1.165) is 25.8 Å². The molecular formula is C17H25F2N. The Hall–Kier alpha value is -0.960. The molecule has 0 spiro atoms. The molecule has 1 aliphatic rings. The van der Waals surface area contributed by atoms with E-state index in [1.165, 1.54) is 18.9 Å². The predicted octanol–water partition coefficient (Wildman–Crippen LogP) is 4.63. The van der Waals surface area contributed by atoms with Crippen molar-refractivity contribution in [2.24, 2.45) is 5.92 Å². The van der Waals surface area contributed by atoms with Crippen LogP contribution in [0.4, 0.5) is 8.78 Å². The van der Waals surface area contributed by atoms with Gasteiger partial charge in [-0.15, -0.1) is 0 Å². The van der Waals surface area contributed by atoms with Crippen molar-refractivity contribution in [2.45, 2.75) is 57.9 Å². The highest BCUT2D eigenvalue weighted by atomic mass is 19.2. The third-order valence-corrected chi connectivity index (χ3v) is 4.33. The number of nitrogens with one attached hydrogen (secondary N) is 1. The van der Waals surface area contributed by atoms with Crippen molar-refractivity contribution >= 4 is 0 Å². The van der Waals surface area contributed by atoms with Crippen LogP contribution in [0.25, 0.3) is 0 Å². The summed E-state index contributed by atoms with van der Waals surface area (Å²) >= 11 is 0. The average Bonchev–Trinajstić information content (AvgIpc) is 2.65. The van der Waals surface area contributed by atoms with Gasteiger partial charge < -0.3 is 5.32 Å². The number of hydrogen-bond acceptors (Lipinski definition) is 1. The molecule has 2 atom stereocenters. The van der Waals surface area contributed by atoms with Gasteiger partial charge in [0.05, 0.1) is 0 Å². The zero-order chi connectivity index (χ0) is 14.5. The van der Waals surface area contributed by atoms with E-state index in [0.29, 0.717) is 17.5 Å². The van der Waals surface area contributed by atoms with Crippen molar-refractivity contribution in [3.8, 4) is 0 Å². The van der Waals surface area contributed by atoms with Crippen LogP contribution >= 0.6 is 0 Å². The lowest BCUT2D eigenvalue weighted by molar-refractivity contribution is 0.351. The van der Waals surface area contributed by atoms with Crippen LogP contribution in [0.15, 0.2) is 18.2 Å². The van der Waals surface area contributed by atoms with Crippen LogP contribution in [-0.4, -0.2) is 12.6 Å². The zero-order valence-electron chi connectivity index (χ0n) is 12.5. The lowest BCUT2D eigenvalue weighted by Gasteiger charge is -2.27. The van der Waals surface area contributed by atoms with Crippen molar-refractivity contribution in [1.29, 1.82) is 0 Å². The standard InChI is InChI=1S/C17H25F2N/c1-12(2)20-11-13-7-4-3-5-8-14(13)15-9-6-10-16(18)17(15)19/h6,9-10,12-14,20H,3-5,7-8,11H2,1-2H3. The van der Waals surface area contributed by atoms with Crippen LogP contribution in [0, 0.1) is 17.6 Å². The number of hydrogen-bond donors (Lipinski definition) is 1. The molecule has 1 fully saturated rings. The van der Waals surface area contributed by atoms with Crippen LogP contribution in [0.3, 0.4) is 0 Å². The fraction of sp³-hybridized carbons (Fsp3) is 0.647. The fourth-order valence-electron chi connectivity index (χ4n) is 3.23. The maximum Gasteiger partial charge on any atom is 0.162 e. The second-order valence-corrected chi connectivity index (χ2v) is 6.21. The summed E-state index contributed by atoms with van der Waals surface area (Å²) in [5.41, 5.74) is 0.572. The minimum atomic E-state index is -0.720. The molecule has 0 bridgehead atoms. The monoisotopic (exact) mass is 281 g/mol. The molecule has 1 N–H and O–H groups in total. The molecule has 1 nitrogen and oxygen atoms in total. The quantitative estimate of drug-likeness (QED) is 0.794. The lowest BCUT2D eigenvalue weighted by Crippen LogP contribution is -2.31. The molecular weight excluding hydrogens is 256 g/mol. The van der Waals surface area contributed by atoms with Crippen LogP contribution in [0.2, 0.25) is 0 Å². The second kappa shape index (κ2) is 7.16. The van der Waals surface area contributed by atoms with E-state index in [1.54, 1.807) is 12.1 Å². The van der Waals surface area contributed by atoms with Crippen LogP contribution in [0.1, 0.15) is 57.4 Å². The van der Waals surface area contributed by atoms with Gasteiger partial charge >= 0.3 is 0 Å². The van der Waals surface area contributed by atoms with Gasteiger partial charge in [0.15, 0.2) is 11.6 Å². The first-order valence-corrected chi connectivity index (χ1v) is 7.77. The molecule has 0 radical (unpaired) electrons. The highest BCUT2D eigenvalue weighted by Crippen LogP contribution is 2.37. The molecule has 2 unspecified atom stereocenters. The molecule has 0 heterocycles. The minimum Gasteiger partial charge on any atom is -0.314 e. The molecule has 1 aromatic carbocycles. The molecule has 1 aromatic rings. The fourth-order valence-corrected chi connectivity index (χ4v) is 3.23. The van der Waals surface area contributed by atoms with E-state index in [4.69, 9.17) is 0 Å². The van der Waals surface area contributed by atoms with Gasteiger partial charge in [0.2, 0.25) is 0 Å². The highest BCUT2D eigenvalue weighted by Gasteiger charge is 2.28. The first-order valence-electron chi connectivity index (χ1n) is 7.77. The van der Waals surface area contributed by atoms with E-state index in [9.17, 15) is 8.78 Å². The number of halogens is 2. The molecule has 0 aliphatic heterocycles. The Labute approximate surface area is 120 Å². The van der Waals surface area contributed by atoms with Crippen LogP contribution in [0.5, 0.6) is 0 Å². The van der Waals surface area contributed by atoms with Gasteiger partial charge in [-0.05, 0) is 42.9 Å². The maximum atomic E-state index is 14.1. The predicted molar refractivity (Wildman–Crippen MR) is 78.8 cm³/mol. The van der Waals surface area contributed by atoms with Gasteiger partial charge in [0.1, 0.15) is 0 Å². The molecule has 0 saturated heterocycles. The first kappa shape index (κ1) is 15.4. The van der Waals surface area contributed by atoms with E-state index >= 15 is 0 Å². The van der Waals surface area contributed by atoms with Gasteiger partial charge in [-0.2, -0.15) is 0 Å². The highest BCUT2D eigenvalue weighted by molar-refractivity contribution is 5.24. The van der Waals surface area contributed by atoms with Crippen molar-refractivity contribution in [3.63, 3.8) is 0 Å². The number of rotatable bonds is 4. The lowest BCUT2D eigenvalue weighted by atomic mass is 9.82. The summed E-state index contributed by atoms with van der Waals surface area (Å²) < 4.78 is 27.6. The molecule has 0 amide bonds. The Morgan fingerprint density at radius 1 is 1.15 bits per heavy atom. The third-order valence-electron chi connectivity index (χ3n) is 4.33. The smallest absolute Gasteiger partial charge is 0.162 e. The van der Waals surface area contributed by atoms with Crippen molar-refractivity contribution in [2.75, 3.05) is 6.54 Å².